The first-order chi connectivity index (χ1) is 10.5. The van der Waals surface area contributed by atoms with E-state index in [4.69, 9.17) is 5.73 Å². The van der Waals surface area contributed by atoms with E-state index in [1.807, 2.05) is 11.4 Å². The van der Waals surface area contributed by atoms with E-state index in [1.165, 1.54) is 11.3 Å². The molecule has 2 amide bonds. The number of hydrogen-bond acceptors (Lipinski definition) is 4. The van der Waals surface area contributed by atoms with Gasteiger partial charge in [-0.15, -0.1) is 23.7 Å². The fraction of sp³-hybridized carbons (Fsp3) is 0.250. The molecule has 0 saturated carbocycles. The highest BCUT2D eigenvalue weighted by Gasteiger charge is 2.17. The number of carbonyl (C=O) groups excluding carboxylic acids is 2. The zero-order chi connectivity index (χ0) is 16.1. The van der Waals surface area contributed by atoms with Gasteiger partial charge in [0.25, 0.3) is 5.91 Å². The molecule has 1 aromatic carbocycles. The molecule has 0 aliphatic carbocycles. The lowest BCUT2D eigenvalue weighted by Gasteiger charge is -2.15. The molecule has 23 heavy (non-hydrogen) atoms. The fourth-order valence-corrected chi connectivity index (χ4v) is 2.39. The van der Waals surface area contributed by atoms with Gasteiger partial charge in [-0.25, -0.2) is 0 Å². The molecule has 0 spiro atoms. The second-order valence-corrected chi connectivity index (χ2v) is 6.10. The van der Waals surface area contributed by atoms with Gasteiger partial charge in [-0.1, -0.05) is 19.1 Å². The smallest absolute Gasteiger partial charge is 0.265 e. The second kappa shape index (κ2) is 8.67. The van der Waals surface area contributed by atoms with Gasteiger partial charge in [0.05, 0.1) is 10.8 Å². The first kappa shape index (κ1) is 19.2. The Balaban J connectivity index is 0.00000264. The maximum absolute atomic E-state index is 12.0. The zero-order valence-corrected chi connectivity index (χ0v) is 14.5. The third-order valence-electron chi connectivity index (χ3n) is 3.34. The van der Waals surface area contributed by atoms with Crippen LogP contribution in [0.4, 0.5) is 11.4 Å². The van der Waals surface area contributed by atoms with Crippen LogP contribution < -0.4 is 16.4 Å². The Morgan fingerprint density at radius 3 is 2.30 bits per heavy atom. The molecule has 2 aromatic rings. The van der Waals surface area contributed by atoms with E-state index in [1.54, 1.807) is 44.2 Å². The molecule has 5 nitrogen and oxygen atoms in total. The molecular weight excluding hydrogens is 334 g/mol. The van der Waals surface area contributed by atoms with Gasteiger partial charge < -0.3 is 16.4 Å². The molecule has 7 heteroatoms. The van der Waals surface area contributed by atoms with Crippen molar-refractivity contribution in [2.24, 2.45) is 11.7 Å². The van der Waals surface area contributed by atoms with Crippen molar-refractivity contribution in [3.63, 3.8) is 0 Å². The average molecular weight is 354 g/mol. The first-order valence-electron chi connectivity index (χ1n) is 6.98. The van der Waals surface area contributed by atoms with Crippen LogP contribution in [0.25, 0.3) is 0 Å². The Bertz CT molecular complexity index is 659. The first-order valence-corrected chi connectivity index (χ1v) is 7.86. The van der Waals surface area contributed by atoms with Gasteiger partial charge in [-0.2, -0.15) is 0 Å². The largest absolute Gasteiger partial charge is 0.327 e. The number of anilines is 2. The van der Waals surface area contributed by atoms with Crippen molar-refractivity contribution >= 4 is 46.9 Å². The Morgan fingerprint density at radius 2 is 1.74 bits per heavy atom. The molecule has 0 aliphatic rings. The third kappa shape index (κ3) is 5.35. The highest BCUT2D eigenvalue weighted by atomic mass is 35.5. The maximum Gasteiger partial charge on any atom is 0.265 e. The summed E-state index contributed by atoms with van der Waals surface area (Å²) in [5.41, 5.74) is 6.98. The molecule has 0 radical (unpaired) electrons. The van der Waals surface area contributed by atoms with Crippen LogP contribution in [0, 0.1) is 5.92 Å². The molecule has 0 saturated heterocycles. The number of nitrogens with two attached hydrogens (primary N) is 1. The topological polar surface area (TPSA) is 84.2 Å². The SMILES string of the molecule is CC(N)C(C)C(=O)Nc1cccc(NC(=O)c2cccs2)c1.Cl. The summed E-state index contributed by atoms with van der Waals surface area (Å²) in [5, 5.41) is 7.46. The van der Waals surface area contributed by atoms with Crippen molar-refractivity contribution in [1.82, 2.24) is 0 Å². The van der Waals surface area contributed by atoms with Crippen molar-refractivity contribution in [3.8, 4) is 0 Å². The minimum Gasteiger partial charge on any atom is -0.327 e. The van der Waals surface area contributed by atoms with Crippen molar-refractivity contribution in [3.05, 3.63) is 46.7 Å². The van der Waals surface area contributed by atoms with E-state index < -0.39 is 0 Å². The minimum absolute atomic E-state index is 0. The van der Waals surface area contributed by atoms with E-state index in [-0.39, 0.29) is 36.2 Å². The van der Waals surface area contributed by atoms with E-state index in [0.29, 0.717) is 16.3 Å². The lowest BCUT2D eigenvalue weighted by molar-refractivity contribution is -0.119. The molecule has 0 fully saturated rings. The number of benzene rings is 1. The van der Waals surface area contributed by atoms with E-state index in [0.717, 1.165) is 0 Å². The van der Waals surface area contributed by atoms with Crippen LogP contribution in [0.1, 0.15) is 23.5 Å². The number of hydrogen-bond donors (Lipinski definition) is 3. The minimum atomic E-state index is -0.288. The lowest BCUT2D eigenvalue weighted by atomic mass is 10.0. The summed E-state index contributed by atoms with van der Waals surface area (Å²) in [5.74, 6) is -0.594. The molecule has 4 N–H and O–H groups in total. The van der Waals surface area contributed by atoms with Gasteiger partial charge >= 0.3 is 0 Å². The van der Waals surface area contributed by atoms with Gasteiger partial charge in [0.1, 0.15) is 0 Å². The standard InChI is InChI=1S/C16H19N3O2S.ClH/c1-10(11(2)17)15(20)18-12-5-3-6-13(9-12)19-16(21)14-7-4-8-22-14;/h3-11H,17H2,1-2H3,(H,18,20)(H,19,21);1H. The van der Waals surface area contributed by atoms with Crippen LogP contribution in [-0.4, -0.2) is 17.9 Å². The summed E-state index contributed by atoms with van der Waals surface area (Å²) in [4.78, 5) is 24.6. The summed E-state index contributed by atoms with van der Waals surface area (Å²) < 4.78 is 0. The van der Waals surface area contributed by atoms with Crippen molar-refractivity contribution in [2.45, 2.75) is 19.9 Å². The van der Waals surface area contributed by atoms with Crippen molar-refractivity contribution in [2.75, 3.05) is 10.6 Å². The Labute approximate surface area is 145 Å². The highest BCUT2D eigenvalue weighted by Crippen LogP contribution is 2.18. The van der Waals surface area contributed by atoms with Crippen LogP contribution in [0.15, 0.2) is 41.8 Å². The van der Waals surface area contributed by atoms with Crippen molar-refractivity contribution < 1.29 is 9.59 Å². The molecule has 2 unspecified atom stereocenters. The van der Waals surface area contributed by atoms with Gasteiger partial charge in [0, 0.05) is 17.4 Å². The Kier molecular flexibility index (Phi) is 7.22. The molecular formula is C16H20ClN3O2S. The number of halogens is 1. The van der Waals surface area contributed by atoms with Crippen LogP contribution in [0.5, 0.6) is 0 Å². The number of rotatable bonds is 5. The molecule has 2 rings (SSSR count). The molecule has 0 bridgehead atoms. The summed E-state index contributed by atoms with van der Waals surface area (Å²) in [6.45, 7) is 3.57. The predicted octanol–water partition coefficient (Wildman–Crippen LogP) is 3.34. The zero-order valence-electron chi connectivity index (χ0n) is 12.9. The van der Waals surface area contributed by atoms with Crippen LogP contribution >= 0.6 is 23.7 Å². The van der Waals surface area contributed by atoms with Gasteiger partial charge in [-0.3, -0.25) is 9.59 Å². The Hall–Kier alpha value is -1.89. The molecule has 1 aromatic heterocycles. The fourth-order valence-electron chi connectivity index (χ4n) is 1.77. The van der Waals surface area contributed by atoms with Crippen molar-refractivity contribution in [1.29, 1.82) is 0 Å². The third-order valence-corrected chi connectivity index (χ3v) is 4.20. The van der Waals surface area contributed by atoms with Gasteiger partial charge in [-0.05, 0) is 36.6 Å². The predicted molar refractivity (Wildman–Crippen MR) is 97.4 cm³/mol. The number of thiophene rings is 1. The summed E-state index contributed by atoms with van der Waals surface area (Å²) in [6.07, 6.45) is 0. The number of nitrogens with one attached hydrogen (secondary N) is 2. The number of carbonyl (C=O) groups is 2. The van der Waals surface area contributed by atoms with Crippen LogP contribution in [0.3, 0.4) is 0 Å². The van der Waals surface area contributed by atoms with E-state index >= 15 is 0 Å². The monoisotopic (exact) mass is 353 g/mol. The second-order valence-electron chi connectivity index (χ2n) is 5.15. The summed E-state index contributed by atoms with van der Waals surface area (Å²) in [7, 11) is 0. The van der Waals surface area contributed by atoms with E-state index in [2.05, 4.69) is 10.6 Å². The highest BCUT2D eigenvalue weighted by molar-refractivity contribution is 7.12. The quantitative estimate of drug-likeness (QED) is 0.770. The van der Waals surface area contributed by atoms with Gasteiger partial charge in [0.2, 0.25) is 5.91 Å². The summed E-state index contributed by atoms with van der Waals surface area (Å²) in [6, 6.07) is 10.4. The normalized spacial score (nSPS) is 12.7. The molecule has 1 heterocycles. The maximum atomic E-state index is 12.0. The average Bonchev–Trinajstić information content (AvgIpc) is 3.01. The van der Waals surface area contributed by atoms with Gasteiger partial charge in [0.15, 0.2) is 0 Å². The summed E-state index contributed by atoms with van der Waals surface area (Å²) >= 11 is 1.38. The lowest BCUT2D eigenvalue weighted by Crippen LogP contribution is -2.34. The van der Waals surface area contributed by atoms with Crippen LogP contribution in [0.2, 0.25) is 0 Å². The van der Waals surface area contributed by atoms with Crippen LogP contribution in [-0.2, 0) is 4.79 Å². The molecule has 0 aliphatic heterocycles. The Morgan fingerprint density at radius 1 is 1.09 bits per heavy atom. The van der Waals surface area contributed by atoms with E-state index in [9.17, 15) is 9.59 Å². The molecule has 124 valence electrons. The molecule has 2 atom stereocenters. The number of amides is 2.